The number of hydrogen-bond donors (Lipinski definition) is 2. The number of benzene rings is 2. The standard InChI is InChI=1S/C30H41N3O5/c1-5-6-17-33-28(35)26(27(34)21(2)3)31-29(36)30(33)15-18-32(19-16-30)20-22-7-9-24(10-8-22)38-25-13-11-23(37-4)12-14-25/h7-14,21,26-27,34H,5-6,15-20H2,1-4H3,(H,31,36)/t26-,27-/m1/s1. The molecule has 0 unspecified atom stereocenters. The molecule has 38 heavy (non-hydrogen) atoms. The number of carbonyl (C=O) groups excluding carboxylic acids is 2. The van der Waals surface area contributed by atoms with Crippen molar-refractivity contribution in [3.63, 3.8) is 0 Å². The van der Waals surface area contributed by atoms with Crippen LogP contribution in [-0.4, -0.2) is 71.1 Å². The van der Waals surface area contributed by atoms with Crippen molar-refractivity contribution in [2.24, 2.45) is 5.92 Å². The fourth-order valence-corrected chi connectivity index (χ4v) is 5.37. The summed E-state index contributed by atoms with van der Waals surface area (Å²) < 4.78 is 11.1. The second kappa shape index (κ2) is 12.2. The predicted octanol–water partition coefficient (Wildman–Crippen LogP) is 3.97. The molecule has 8 nitrogen and oxygen atoms in total. The van der Waals surface area contributed by atoms with Gasteiger partial charge in [0.05, 0.1) is 13.2 Å². The van der Waals surface area contributed by atoms with Gasteiger partial charge in [0.2, 0.25) is 11.8 Å². The molecule has 0 saturated carbocycles. The molecule has 2 aliphatic rings. The van der Waals surface area contributed by atoms with Crippen molar-refractivity contribution in [2.75, 3.05) is 26.7 Å². The molecule has 0 radical (unpaired) electrons. The monoisotopic (exact) mass is 523 g/mol. The molecule has 0 aromatic heterocycles. The van der Waals surface area contributed by atoms with Gasteiger partial charge >= 0.3 is 0 Å². The smallest absolute Gasteiger partial charge is 0.248 e. The Morgan fingerprint density at radius 2 is 1.58 bits per heavy atom. The summed E-state index contributed by atoms with van der Waals surface area (Å²) in [5, 5.41) is 13.5. The predicted molar refractivity (Wildman–Crippen MR) is 146 cm³/mol. The van der Waals surface area contributed by atoms with Gasteiger partial charge in [-0.3, -0.25) is 14.5 Å². The summed E-state index contributed by atoms with van der Waals surface area (Å²) in [6, 6.07) is 14.6. The molecular formula is C30H41N3O5. The molecule has 2 N–H and O–H groups in total. The zero-order chi connectivity index (χ0) is 27.3. The Morgan fingerprint density at radius 1 is 1.00 bits per heavy atom. The summed E-state index contributed by atoms with van der Waals surface area (Å²) in [5.74, 6) is 1.89. The molecular weight excluding hydrogens is 482 g/mol. The number of piperazine rings is 1. The Balaban J connectivity index is 1.38. The van der Waals surface area contributed by atoms with Crippen molar-refractivity contribution >= 4 is 11.8 Å². The van der Waals surface area contributed by atoms with Crippen LogP contribution in [0.1, 0.15) is 52.0 Å². The van der Waals surface area contributed by atoms with E-state index < -0.39 is 17.7 Å². The number of amides is 2. The van der Waals surface area contributed by atoms with E-state index in [9.17, 15) is 14.7 Å². The number of aliphatic hydroxyl groups is 1. The van der Waals surface area contributed by atoms with Gasteiger partial charge < -0.3 is 24.8 Å². The van der Waals surface area contributed by atoms with E-state index in [4.69, 9.17) is 9.47 Å². The van der Waals surface area contributed by atoms with Crippen molar-refractivity contribution in [3.05, 3.63) is 54.1 Å². The van der Waals surface area contributed by atoms with E-state index in [-0.39, 0.29) is 17.7 Å². The Hall–Kier alpha value is -3.10. The van der Waals surface area contributed by atoms with Gasteiger partial charge in [0, 0.05) is 26.2 Å². The van der Waals surface area contributed by atoms with Crippen LogP contribution in [0.4, 0.5) is 0 Å². The SMILES string of the molecule is CCCCN1C(=O)[C@@H]([C@H](O)C(C)C)NC(=O)C12CCN(Cc1ccc(Oc3ccc(OC)cc3)cc1)CC2. The molecule has 1 spiro atoms. The number of nitrogens with zero attached hydrogens (tertiary/aromatic N) is 2. The summed E-state index contributed by atoms with van der Waals surface area (Å²) in [6.07, 6.45) is 2.03. The lowest BCUT2D eigenvalue weighted by atomic mass is 9.80. The molecule has 0 aliphatic carbocycles. The van der Waals surface area contributed by atoms with Gasteiger partial charge in [0.25, 0.3) is 0 Å². The number of methoxy groups -OCH3 is 1. The highest BCUT2D eigenvalue weighted by molar-refractivity contribution is 6.00. The van der Waals surface area contributed by atoms with Crippen LogP contribution in [-0.2, 0) is 16.1 Å². The number of aliphatic hydroxyl groups excluding tert-OH is 1. The largest absolute Gasteiger partial charge is 0.497 e. The van der Waals surface area contributed by atoms with E-state index in [0.29, 0.717) is 32.5 Å². The molecule has 8 heteroatoms. The minimum Gasteiger partial charge on any atom is -0.497 e. The lowest BCUT2D eigenvalue weighted by molar-refractivity contribution is -0.165. The summed E-state index contributed by atoms with van der Waals surface area (Å²) in [4.78, 5) is 31.1. The third kappa shape index (κ3) is 5.97. The number of ether oxygens (including phenoxy) is 2. The lowest BCUT2D eigenvalue weighted by Crippen LogP contribution is -2.74. The number of nitrogens with one attached hydrogen (secondary N) is 1. The molecule has 2 fully saturated rings. The first-order chi connectivity index (χ1) is 18.3. The van der Waals surface area contributed by atoms with Gasteiger partial charge in [-0.05, 0) is 67.1 Å². The number of unbranched alkanes of at least 4 members (excludes halogenated alkanes) is 1. The first kappa shape index (κ1) is 27.9. The molecule has 2 aliphatic heterocycles. The lowest BCUT2D eigenvalue weighted by Gasteiger charge is -2.52. The first-order valence-electron chi connectivity index (χ1n) is 13.7. The van der Waals surface area contributed by atoms with Crippen LogP contribution in [0.5, 0.6) is 17.2 Å². The van der Waals surface area contributed by atoms with Gasteiger partial charge in [-0.15, -0.1) is 0 Å². The molecule has 2 amide bonds. The van der Waals surface area contributed by atoms with Gasteiger partial charge in [-0.25, -0.2) is 0 Å². The third-order valence-electron chi connectivity index (χ3n) is 7.83. The highest BCUT2D eigenvalue weighted by Crippen LogP contribution is 2.35. The first-order valence-corrected chi connectivity index (χ1v) is 13.7. The number of carbonyl (C=O) groups is 2. The number of hydrogen-bond acceptors (Lipinski definition) is 6. The van der Waals surface area contributed by atoms with Crippen LogP contribution in [0.25, 0.3) is 0 Å². The van der Waals surface area contributed by atoms with E-state index in [1.807, 2.05) is 50.2 Å². The molecule has 2 aromatic rings. The van der Waals surface area contributed by atoms with Crippen molar-refractivity contribution in [1.29, 1.82) is 0 Å². The maximum Gasteiger partial charge on any atom is 0.248 e. The van der Waals surface area contributed by atoms with E-state index >= 15 is 0 Å². The summed E-state index contributed by atoms with van der Waals surface area (Å²) >= 11 is 0. The summed E-state index contributed by atoms with van der Waals surface area (Å²) in [7, 11) is 1.64. The molecule has 2 aromatic carbocycles. The third-order valence-corrected chi connectivity index (χ3v) is 7.83. The topological polar surface area (TPSA) is 91.3 Å². The van der Waals surface area contributed by atoms with Crippen LogP contribution >= 0.6 is 0 Å². The summed E-state index contributed by atoms with van der Waals surface area (Å²) in [5.41, 5.74) is 0.321. The van der Waals surface area contributed by atoms with Gasteiger partial charge in [-0.1, -0.05) is 39.3 Å². The highest BCUT2D eigenvalue weighted by atomic mass is 16.5. The number of piperidine rings is 1. The zero-order valence-corrected chi connectivity index (χ0v) is 23.0. The van der Waals surface area contributed by atoms with Crippen molar-refractivity contribution in [2.45, 2.75) is 70.7 Å². The van der Waals surface area contributed by atoms with Crippen LogP contribution in [0.15, 0.2) is 48.5 Å². The zero-order valence-electron chi connectivity index (χ0n) is 23.0. The second-order valence-electron chi connectivity index (χ2n) is 10.8. The minimum absolute atomic E-state index is 0.124. The van der Waals surface area contributed by atoms with Crippen molar-refractivity contribution in [1.82, 2.24) is 15.1 Å². The van der Waals surface area contributed by atoms with Crippen LogP contribution in [0.3, 0.4) is 0 Å². The van der Waals surface area contributed by atoms with Crippen LogP contribution < -0.4 is 14.8 Å². The number of rotatable bonds is 10. The average molecular weight is 524 g/mol. The van der Waals surface area contributed by atoms with Gasteiger partial charge in [0.1, 0.15) is 28.8 Å². The minimum atomic E-state index is -0.898. The Kier molecular flexibility index (Phi) is 8.95. The molecule has 0 bridgehead atoms. The maximum atomic E-state index is 13.5. The normalized spacial score (nSPS) is 20.5. The van der Waals surface area contributed by atoms with Crippen molar-refractivity contribution < 1.29 is 24.2 Å². The van der Waals surface area contributed by atoms with Crippen LogP contribution in [0, 0.1) is 5.92 Å². The Morgan fingerprint density at radius 3 is 2.13 bits per heavy atom. The molecule has 2 heterocycles. The molecule has 4 rings (SSSR count). The number of likely N-dealkylation sites (tertiary alicyclic amines) is 1. The van der Waals surface area contributed by atoms with E-state index in [0.717, 1.165) is 42.2 Å². The fraction of sp³-hybridized carbons (Fsp3) is 0.533. The van der Waals surface area contributed by atoms with E-state index in [1.165, 1.54) is 0 Å². The maximum absolute atomic E-state index is 13.5. The fourth-order valence-electron chi connectivity index (χ4n) is 5.37. The summed E-state index contributed by atoms with van der Waals surface area (Å²) in [6.45, 7) is 8.53. The quantitative estimate of drug-likeness (QED) is 0.490. The average Bonchev–Trinajstić information content (AvgIpc) is 2.93. The van der Waals surface area contributed by atoms with Gasteiger partial charge in [0.15, 0.2) is 0 Å². The highest BCUT2D eigenvalue weighted by Gasteiger charge is 2.54. The van der Waals surface area contributed by atoms with E-state index in [1.54, 1.807) is 12.0 Å². The molecule has 206 valence electrons. The van der Waals surface area contributed by atoms with Crippen molar-refractivity contribution in [3.8, 4) is 17.2 Å². The van der Waals surface area contributed by atoms with Crippen LogP contribution in [0.2, 0.25) is 0 Å². The van der Waals surface area contributed by atoms with Gasteiger partial charge in [-0.2, -0.15) is 0 Å². The Labute approximate surface area is 225 Å². The molecule has 2 saturated heterocycles. The Bertz CT molecular complexity index is 1080. The second-order valence-corrected chi connectivity index (χ2v) is 10.8. The molecule has 2 atom stereocenters. The van der Waals surface area contributed by atoms with E-state index in [2.05, 4.69) is 29.3 Å².